The summed E-state index contributed by atoms with van der Waals surface area (Å²) in [5.41, 5.74) is 0.930. The molecule has 154 valence electrons. The van der Waals surface area contributed by atoms with Gasteiger partial charge in [0.2, 0.25) is 11.8 Å². The molecule has 0 saturated carbocycles. The molecule has 3 saturated heterocycles. The van der Waals surface area contributed by atoms with E-state index in [0.717, 1.165) is 31.4 Å². The molecule has 1 aromatic rings. The Balaban J connectivity index is 1.39. The van der Waals surface area contributed by atoms with Crippen LogP contribution in [0.25, 0.3) is 0 Å². The maximum absolute atomic E-state index is 13.2. The van der Waals surface area contributed by atoms with Crippen LogP contribution < -0.4 is 0 Å². The molecule has 3 aliphatic heterocycles. The standard InChI is InChI=1S/C22H27FN4O2/c1-14(21(28)26-9-3-4-18(26)11-24)12-25-13-19-10-20(25)22(29)27(19)15(2)16-5-7-17(23)8-6-16/h5-8,14-15,18-20H,3-4,9-10,12-13H2,1-2H3/t14-,15+,18-,19+,20+/m0/s1. The summed E-state index contributed by atoms with van der Waals surface area (Å²) in [5.74, 6) is -0.412. The number of benzene rings is 1. The first-order valence-corrected chi connectivity index (χ1v) is 10.4. The minimum atomic E-state index is -0.311. The molecule has 5 atom stereocenters. The van der Waals surface area contributed by atoms with Gasteiger partial charge in [0.25, 0.3) is 0 Å². The van der Waals surface area contributed by atoms with E-state index in [1.165, 1.54) is 12.1 Å². The van der Waals surface area contributed by atoms with Gasteiger partial charge in [-0.3, -0.25) is 14.5 Å². The van der Waals surface area contributed by atoms with Gasteiger partial charge >= 0.3 is 0 Å². The molecule has 3 fully saturated rings. The molecule has 3 aliphatic rings. The molecule has 1 aromatic carbocycles. The zero-order valence-electron chi connectivity index (χ0n) is 16.9. The van der Waals surface area contributed by atoms with Crippen molar-refractivity contribution in [3.8, 4) is 6.07 Å². The molecule has 2 amide bonds. The van der Waals surface area contributed by atoms with Gasteiger partial charge in [-0.2, -0.15) is 5.26 Å². The molecule has 2 bridgehead atoms. The largest absolute Gasteiger partial charge is 0.330 e. The van der Waals surface area contributed by atoms with Gasteiger partial charge in [0.15, 0.2) is 0 Å². The van der Waals surface area contributed by atoms with Crippen LogP contribution in [0.4, 0.5) is 4.39 Å². The fourth-order valence-corrected chi connectivity index (χ4v) is 5.18. The monoisotopic (exact) mass is 398 g/mol. The Morgan fingerprint density at radius 3 is 2.69 bits per heavy atom. The smallest absolute Gasteiger partial charge is 0.240 e. The van der Waals surface area contributed by atoms with Gasteiger partial charge in [-0.05, 0) is 43.9 Å². The summed E-state index contributed by atoms with van der Waals surface area (Å²) in [6.07, 6.45) is 2.40. The Labute approximate surface area is 170 Å². The van der Waals surface area contributed by atoms with Crippen molar-refractivity contribution in [2.45, 2.75) is 57.3 Å². The van der Waals surface area contributed by atoms with Crippen molar-refractivity contribution in [3.63, 3.8) is 0 Å². The van der Waals surface area contributed by atoms with Crippen LogP contribution in [-0.2, 0) is 9.59 Å². The third kappa shape index (κ3) is 3.51. The lowest BCUT2D eigenvalue weighted by Gasteiger charge is -2.38. The third-order valence-corrected chi connectivity index (χ3v) is 6.70. The Kier molecular flexibility index (Phi) is 5.30. The van der Waals surface area contributed by atoms with E-state index in [1.807, 2.05) is 18.7 Å². The quantitative estimate of drug-likeness (QED) is 0.763. The molecule has 29 heavy (non-hydrogen) atoms. The van der Waals surface area contributed by atoms with Crippen LogP contribution in [0, 0.1) is 23.1 Å². The second-order valence-electron chi connectivity index (χ2n) is 8.55. The van der Waals surface area contributed by atoms with Gasteiger partial charge in [0.1, 0.15) is 11.9 Å². The Morgan fingerprint density at radius 1 is 1.31 bits per heavy atom. The number of hydrogen-bond acceptors (Lipinski definition) is 4. The van der Waals surface area contributed by atoms with Gasteiger partial charge in [0, 0.05) is 31.6 Å². The maximum Gasteiger partial charge on any atom is 0.240 e. The van der Waals surface area contributed by atoms with Gasteiger partial charge in [-0.25, -0.2) is 4.39 Å². The van der Waals surface area contributed by atoms with Gasteiger partial charge in [-0.1, -0.05) is 19.1 Å². The molecule has 3 heterocycles. The van der Waals surface area contributed by atoms with Crippen molar-refractivity contribution in [1.29, 1.82) is 5.26 Å². The topological polar surface area (TPSA) is 67.7 Å². The van der Waals surface area contributed by atoms with E-state index >= 15 is 0 Å². The highest BCUT2D eigenvalue weighted by atomic mass is 19.1. The average molecular weight is 398 g/mol. The Hall–Kier alpha value is -2.46. The molecule has 4 rings (SSSR count). The number of fused-ring (bicyclic) bond motifs is 2. The number of rotatable bonds is 5. The summed E-state index contributed by atoms with van der Waals surface area (Å²) in [6.45, 7) is 5.82. The fraction of sp³-hybridized carbons (Fsp3) is 0.591. The number of likely N-dealkylation sites (tertiary alicyclic amines) is 3. The van der Waals surface area contributed by atoms with Crippen molar-refractivity contribution in [2.75, 3.05) is 19.6 Å². The number of nitrogens with zero attached hydrogens (tertiary/aromatic N) is 4. The van der Waals surface area contributed by atoms with E-state index in [9.17, 15) is 19.2 Å². The zero-order valence-corrected chi connectivity index (χ0v) is 16.9. The summed E-state index contributed by atoms with van der Waals surface area (Å²) >= 11 is 0. The van der Waals surface area contributed by atoms with Crippen molar-refractivity contribution >= 4 is 11.8 Å². The lowest BCUT2D eigenvalue weighted by atomic mass is 10.0. The molecule has 0 radical (unpaired) electrons. The predicted octanol–water partition coefficient (Wildman–Crippen LogP) is 2.32. The highest BCUT2D eigenvalue weighted by molar-refractivity contribution is 5.86. The van der Waals surface area contributed by atoms with Crippen LogP contribution in [-0.4, -0.2) is 64.3 Å². The van der Waals surface area contributed by atoms with Crippen LogP contribution in [0.1, 0.15) is 44.7 Å². The number of carbonyl (C=O) groups excluding carboxylic acids is 2. The number of nitriles is 1. The fourth-order valence-electron chi connectivity index (χ4n) is 5.18. The molecule has 0 aliphatic carbocycles. The number of hydrogen-bond donors (Lipinski definition) is 0. The Morgan fingerprint density at radius 2 is 2.03 bits per heavy atom. The van der Waals surface area contributed by atoms with Crippen LogP contribution in [0.3, 0.4) is 0 Å². The molecule has 0 N–H and O–H groups in total. The summed E-state index contributed by atoms with van der Waals surface area (Å²) in [6, 6.07) is 8.07. The van der Waals surface area contributed by atoms with Gasteiger partial charge in [-0.15, -0.1) is 0 Å². The predicted molar refractivity (Wildman–Crippen MR) is 105 cm³/mol. The maximum atomic E-state index is 13.2. The Bertz CT molecular complexity index is 836. The normalized spacial score (nSPS) is 28.6. The van der Waals surface area contributed by atoms with Crippen molar-refractivity contribution < 1.29 is 14.0 Å². The van der Waals surface area contributed by atoms with Gasteiger partial charge in [0.05, 0.1) is 18.2 Å². The van der Waals surface area contributed by atoms with E-state index < -0.39 is 0 Å². The van der Waals surface area contributed by atoms with Crippen LogP contribution in [0.2, 0.25) is 0 Å². The minimum Gasteiger partial charge on any atom is -0.330 e. The molecule has 0 aromatic heterocycles. The zero-order chi connectivity index (χ0) is 20.7. The molecule has 0 unspecified atom stereocenters. The van der Waals surface area contributed by atoms with Crippen LogP contribution in [0.5, 0.6) is 0 Å². The minimum absolute atomic E-state index is 0.0146. The highest BCUT2D eigenvalue weighted by Crippen LogP contribution is 2.38. The molecule has 7 heteroatoms. The lowest BCUT2D eigenvalue weighted by molar-refractivity contribution is -0.142. The van der Waals surface area contributed by atoms with Crippen LogP contribution in [0.15, 0.2) is 24.3 Å². The van der Waals surface area contributed by atoms with E-state index in [0.29, 0.717) is 13.1 Å². The van der Waals surface area contributed by atoms with E-state index in [1.54, 1.807) is 17.0 Å². The first-order valence-electron chi connectivity index (χ1n) is 10.4. The molecule has 0 spiro atoms. The average Bonchev–Trinajstić information content (AvgIpc) is 3.41. The first-order chi connectivity index (χ1) is 13.9. The SMILES string of the molecule is C[C@H](c1ccc(F)cc1)N1C(=O)[C@H]2C[C@@H]1CN2C[C@H](C)C(=O)N1CCC[C@H]1C#N. The molecule has 6 nitrogen and oxygen atoms in total. The molecular weight excluding hydrogens is 371 g/mol. The second-order valence-corrected chi connectivity index (χ2v) is 8.55. The molecular formula is C22H27FN4O2. The van der Waals surface area contributed by atoms with Crippen LogP contribution >= 0.6 is 0 Å². The van der Waals surface area contributed by atoms with E-state index in [2.05, 4.69) is 11.0 Å². The van der Waals surface area contributed by atoms with E-state index in [-0.39, 0.29) is 47.7 Å². The number of carbonyl (C=O) groups is 2. The van der Waals surface area contributed by atoms with E-state index in [4.69, 9.17) is 0 Å². The van der Waals surface area contributed by atoms with Crippen molar-refractivity contribution in [2.24, 2.45) is 5.92 Å². The summed E-state index contributed by atoms with van der Waals surface area (Å²) in [5, 5.41) is 9.24. The summed E-state index contributed by atoms with van der Waals surface area (Å²) < 4.78 is 13.2. The summed E-state index contributed by atoms with van der Waals surface area (Å²) in [7, 11) is 0. The van der Waals surface area contributed by atoms with Crippen molar-refractivity contribution in [3.05, 3.63) is 35.6 Å². The number of halogens is 1. The summed E-state index contributed by atoms with van der Waals surface area (Å²) in [4.78, 5) is 31.6. The lowest BCUT2D eigenvalue weighted by Crippen LogP contribution is -2.53. The third-order valence-electron chi connectivity index (χ3n) is 6.70. The van der Waals surface area contributed by atoms with Gasteiger partial charge < -0.3 is 9.80 Å². The first kappa shape index (κ1) is 19.8. The van der Waals surface area contributed by atoms with Crippen molar-refractivity contribution in [1.82, 2.24) is 14.7 Å². The highest BCUT2D eigenvalue weighted by Gasteiger charge is 2.51. The second kappa shape index (κ2) is 7.75. The number of amides is 2. The number of piperazine rings is 1.